The van der Waals surface area contributed by atoms with Crippen LogP contribution in [0.15, 0.2) is 54.6 Å². The van der Waals surface area contributed by atoms with Crippen LogP contribution in [0.3, 0.4) is 0 Å². The summed E-state index contributed by atoms with van der Waals surface area (Å²) in [6.45, 7) is 1.04. The number of nitrogens with two attached hydrogens (primary N) is 1. The van der Waals surface area contributed by atoms with Gasteiger partial charge in [-0.15, -0.1) is 12.4 Å². The minimum absolute atomic E-state index is 0. The second-order valence-corrected chi connectivity index (χ2v) is 6.02. The predicted octanol–water partition coefficient (Wildman–Crippen LogP) is 3.09. The average molecular weight is 396 g/mol. The number of nitrogens with one attached hydrogen (secondary N) is 2. The van der Waals surface area contributed by atoms with Crippen LogP contribution < -0.4 is 16.4 Å². The van der Waals surface area contributed by atoms with E-state index in [2.05, 4.69) is 10.6 Å². The lowest BCUT2D eigenvalue weighted by atomic mass is 10.0. The molecular weight excluding hydrogens is 373 g/mol. The van der Waals surface area contributed by atoms with Gasteiger partial charge < -0.3 is 16.4 Å². The lowest BCUT2D eigenvalue weighted by Gasteiger charge is -2.19. The fourth-order valence-corrected chi connectivity index (χ4v) is 2.63. The molecule has 2 amide bonds. The van der Waals surface area contributed by atoms with Crippen LogP contribution in [-0.4, -0.2) is 24.9 Å². The van der Waals surface area contributed by atoms with Gasteiger partial charge >= 0.3 is 0 Å². The lowest BCUT2D eigenvalue weighted by molar-refractivity contribution is -0.121. The molecule has 0 spiro atoms. The van der Waals surface area contributed by atoms with Crippen molar-refractivity contribution < 1.29 is 9.59 Å². The van der Waals surface area contributed by atoms with Crippen molar-refractivity contribution in [1.82, 2.24) is 10.6 Å². The Morgan fingerprint density at radius 1 is 1.04 bits per heavy atom. The number of halogens is 2. The molecule has 2 aromatic carbocycles. The van der Waals surface area contributed by atoms with Crippen molar-refractivity contribution in [1.29, 1.82) is 0 Å². The van der Waals surface area contributed by atoms with Crippen molar-refractivity contribution >= 4 is 35.8 Å². The molecule has 1 unspecified atom stereocenters. The van der Waals surface area contributed by atoms with Crippen molar-refractivity contribution in [3.8, 4) is 0 Å². The number of rotatable bonds is 8. The Bertz CT molecular complexity index is 711. The highest BCUT2D eigenvalue weighted by atomic mass is 35.5. The second-order valence-electron chi connectivity index (χ2n) is 5.61. The van der Waals surface area contributed by atoms with E-state index < -0.39 is 6.04 Å². The Morgan fingerprint density at radius 2 is 1.69 bits per heavy atom. The van der Waals surface area contributed by atoms with Crippen LogP contribution in [0, 0.1) is 0 Å². The largest absolute Gasteiger partial charge is 0.356 e. The Hall–Kier alpha value is -2.08. The summed E-state index contributed by atoms with van der Waals surface area (Å²) in [5.41, 5.74) is 6.67. The third kappa shape index (κ3) is 6.67. The molecule has 0 bridgehead atoms. The van der Waals surface area contributed by atoms with Gasteiger partial charge in [0.05, 0.1) is 23.0 Å². The third-order valence-electron chi connectivity index (χ3n) is 3.72. The zero-order valence-corrected chi connectivity index (χ0v) is 15.9. The van der Waals surface area contributed by atoms with Gasteiger partial charge in [-0.2, -0.15) is 0 Å². The van der Waals surface area contributed by atoms with Gasteiger partial charge in [0.2, 0.25) is 5.91 Å². The number of hydrogen-bond acceptors (Lipinski definition) is 3. The lowest BCUT2D eigenvalue weighted by Crippen LogP contribution is -2.34. The molecule has 0 aromatic heterocycles. The van der Waals surface area contributed by atoms with Gasteiger partial charge in [-0.05, 0) is 30.7 Å². The molecule has 0 saturated carbocycles. The van der Waals surface area contributed by atoms with Crippen LogP contribution in [0.5, 0.6) is 0 Å². The van der Waals surface area contributed by atoms with Crippen LogP contribution in [0.1, 0.15) is 34.8 Å². The van der Waals surface area contributed by atoms with Gasteiger partial charge in [-0.3, -0.25) is 9.59 Å². The maximum Gasteiger partial charge on any atom is 0.253 e. The monoisotopic (exact) mass is 395 g/mol. The molecule has 0 aliphatic carbocycles. The summed E-state index contributed by atoms with van der Waals surface area (Å²) in [5.74, 6) is -0.448. The van der Waals surface area contributed by atoms with E-state index in [0.29, 0.717) is 30.1 Å². The summed E-state index contributed by atoms with van der Waals surface area (Å²) in [6, 6.07) is 15.8. The summed E-state index contributed by atoms with van der Waals surface area (Å²) in [6.07, 6.45) is 0.860. The highest BCUT2D eigenvalue weighted by Crippen LogP contribution is 2.20. The fraction of sp³-hybridized carbons (Fsp3) is 0.263. The van der Waals surface area contributed by atoms with E-state index in [1.807, 2.05) is 30.3 Å². The van der Waals surface area contributed by atoms with E-state index in [1.54, 1.807) is 24.3 Å². The first-order valence-electron chi connectivity index (χ1n) is 8.19. The van der Waals surface area contributed by atoms with E-state index >= 15 is 0 Å². The molecule has 1 atom stereocenters. The van der Waals surface area contributed by atoms with Crippen LogP contribution in [-0.2, 0) is 4.79 Å². The molecule has 140 valence electrons. The van der Waals surface area contributed by atoms with Gasteiger partial charge in [-0.1, -0.05) is 54.1 Å². The average Bonchev–Trinajstić information content (AvgIpc) is 2.62. The highest BCUT2D eigenvalue weighted by Gasteiger charge is 2.20. The van der Waals surface area contributed by atoms with E-state index in [-0.39, 0.29) is 30.6 Å². The number of benzene rings is 2. The first-order valence-corrected chi connectivity index (χ1v) is 8.56. The summed E-state index contributed by atoms with van der Waals surface area (Å²) >= 11 is 6.09. The molecule has 4 N–H and O–H groups in total. The third-order valence-corrected chi connectivity index (χ3v) is 4.05. The quantitative estimate of drug-likeness (QED) is 0.600. The van der Waals surface area contributed by atoms with E-state index in [4.69, 9.17) is 17.3 Å². The van der Waals surface area contributed by atoms with Gasteiger partial charge in [0, 0.05) is 6.54 Å². The van der Waals surface area contributed by atoms with Crippen LogP contribution in [0.2, 0.25) is 5.02 Å². The van der Waals surface area contributed by atoms with Gasteiger partial charge in [0.1, 0.15) is 0 Å². The van der Waals surface area contributed by atoms with E-state index in [9.17, 15) is 9.59 Å². The minimum Gasteiger partial charge on any atom is -0.356 e. The molecule has 2 rings (SSSR count). The first kappa shape index (κ1) is 22.0. The molecule has 5 nitrogen and oxygen atoms in total. The predicted molar refractivity (Wildman–Crippen MR) is 107 cm³/mol. The van der Waals surface area contributed by atoms with Gasteiger partial charge in [0.15, 0.2) is 0 Å². The van der Waals surface area contributed by atoms with E-state index in [0.717, 1.165) is 5.56 Å². The Balaban J connectivity index is 0.00000338. The fourth-order valence-electron chi connectivity index (χ4n) is 2.41. The zero-order valence-electron chi connectivity index (χ0n) is 14.3. The van der Waals surface area contributed by atoms with Crippen LogP contribution in [0.4, 0.5) is 0 Å². The summed E-state index contributed by atoms with van der Waals surface area (Å²) in [7, 11) is 0. The molecule has 26 heavy (non-hydrogen) atoms. The number of carbonyl (C=O) groups excluding carboxylic acids is 2. The normalized spacial score (nSPS) is 11.2. The molecule has 0 fully saturated rings. The van der Waals surface area contributed by atoms with Crippen LogP contribution in [0.25, 0.3) is 0 Å². The number of amides is 2. The molecule has 0 heterocycles. The first-order chi connectivity index (χ1) is 12.1. The Kier molecular flexibility index (Phi) is 9.73. The molecule has 0 aliphatic heterocycles. The Labute approximate surface area is 164 Å². The number of hydrogen-bond donors (Lipinski definition) is 3. The van der Waals surface area contributed by atoms with Crippen molar-refractivity contribution in [3.05, 3.63) is 70.7 Å². The molecule has 2 aromatic rings. The van der Waals surface area contributed by atoms with Crippen molar-refractivity contribution in [3.63, 3.8) is 0 Å². The van der Waals surface area contributed by atoms with E-state index in [1.165, 1.54) is 0 Å². The maximum absolute atomic E-state index is 12.5. The molecule has 0 aliphatic rings. The van der Waals surface area contributed by atoms with Crippen molar-refractivity contribution in [2.24, 2.45) is 5.73 Å². The standard InChI is InChI=1S/C19H22ClN3O2.ClH/c20-16-10-5-4-9-15(16)19(25)23-17(14-7-2-1-3-8-14)13-18(24)22-12-6-11-21;/h1-5,7-10,17H,6,11-13,21H2,(H,22,24)(H,23,25);1H. The van der Waals surface area contributed by atoms with Crippen molar-refractivity contribution in [2.45, 2.75) is 18.9 Å². The summed E-state index contributed by atoms with van der Waals surface area (Å²) < 4.78 is 0. The molecular formula is C19H23Cl2N3O2. The zero-order chi connectivity index (χ0) is 18.1. The molecule has 0 saturated heterocycles. The van der Waals surface area contributed by atoms with Gasteiger partial charge in [0.25, 0.3) is 5.91 Å². The second kappa shape index (κ2) is 11.5. The minimum atomic E-state index is -0.442. The van der Waals surface area contributed by atoms with Crippen LogP contribution >= 0.6 is 24.0 Å². The smallest absolute Gasteiger partial charge is 0.253 e. The SMILES string of the molecule is Cl.NCCCNC(=O)CC(NC(=O)c1ccccc1Cl)c1ccccc1. The summed E-state index contributed by atoms with van der Waals surface area (Å²) in [4.78, 5) is 24.7. The molecule has 0 radical (unpaired) electrons. The van der Waals surface area contributed by atoms with Crippen molar-refractivity contribution in [2.75, 3.05) is 13.1 Å². The summed E-state index contributed by atoms with van der Waals surface area (Å²) in [5, 5.41) is 6.09. The topological polar surface area (TPSA) is 84.2 Å². The maximum atomic E-state index is 12.5. The number of carbonyl (C=O) groups is 2. The highest BCUT2D eigenvalue weighted by molar-refractivity contribution is 6.33. The van der Waals surface area contributed by atoms with Gasteiger partial charge in [-0.25, -0.2) is 0 Å². The Morgan fingerprint density at radius 3 is 2.35 bits per heavy atom. The molecule has 7 heteroatoms.